The van der Waals surface area contributed by atoms with Crippen LogP contribution in [-0.4, -0.2) is 65.8 Å². The van der Waals surface area contributed by atoms with Gasteiger partial charge in [0.25, 0.3) is 0 Å². The Bertz CT molecular complexity index is 1550. The van der Waals surface area contributed by atoms with Crippen LogP contribution in [0.3, 0.4) is 0 Å². The molecule has 3 atom stereocenters. The van der Waals surface area contributed by atoms with Gasteiger partial charge in [0.15, 0.2) is 0 Å². The van der Waals surface area contributed by atoms with Gasteiger partial charge in [0.2, 0.25) is 23.6 Å². The lowest BCUT2D eigenvalue weighted by Gasteiger charge is -2.32. The summed E-state index contributed by atoms with van der Waals surface area (Å²) in [6.45, 7) is 4.10. The molecule has 0 aliphatic rings. The number of primary amides is 1. The van der Waals surface area contributed by atoms with Gasteiger partial charge in [-0.25, -0.2) is 4.39 Å². The maximum atomic E-state index is 14.2. The fraction of sp³-hybridized carbons (Fsp3) is 0.389. The van der Waals surface area contributed by atoms with Crippen molar-refractivity contribution >= 4 is 34.4 Å². The van der Waals surface area contributed by atoms with Gasteiger partial charge in [-0.15, -0.1) is 0 Å². The lowest BCUT2D eigenvalue weighted by molar-refractivity contribution is -0.142. The molecule has 252 valence electrons. The third-order valence-electron chi connectivity index (χ3n) is 7.85. The van der Waals surface area contributed by atoms with E-state index in [-0.39, 0.29) is 19.3 Å². The van der Waals surface area contributed by atoms with Gasteiger partial charge in [0, 0.05) is 25.4 Å². The minimum atomic E-state index is -1.12. The van der Waals surface area contributed by atoms with Crippen molar-refractivity contribution in [1.82, 2.24) is 15.5 Å². The molecule has 47 heavy (non-hydrogen) atoms. The number of halogens is 1. The van der Waals surface area contributed by atoms with Crippen LogP contribution >= 0.6 is 0 Å². The van der Waals surface area contributed by atoms with Gasteiger partial charge in [-0.1, -0.05) is 60.7 Å². The van der Waals surface area contributed by atoms with Crippen LogP contribution in [0.5, 0.6) is 0 Å². The first-order valence-electron chi connectivity index (χ1n) is 15.8. The molecule has 0 saturated heterocycles. The van der Waals surface area contributed by atoms with E-state index in [1.807, 2.05) is 56.3 Å². The standard InChI is InChI=1S/C36H47FN6O4/c1-36(2,40)19-8-12-32(44)41-30(22-25-13-16-26-9-4-5-10-27(26)21-25)35(47)43(3)31(23-24-14-17-28(37)18-15-24)34(46)42-29(33(39)45)11-6-7-20-38/h4-5,8-10,12-18,21,29-31H,6-7,11,19-20,22-23,38,40H2,1-3H3,(H2,39,45)(H,41,44)(H,42,46)/t29?,30-,31-/m1/s1. The predicted molar refractivity (Wildman–Crippen MR) is 182 cm³/mol. The van der Waals surface area contributed by atoms with E-state index in [0.29, 0.717) is 31.4 Å². The molecule has 0 aliphatic heterocycles. The molecule has 0 aliphatic carbocycles. The minimum Gasteiger partial charge on any atom is -0.368 e. The summed E-state index contributed by atoms with van der Waals surface area (Å²) in [5.74, 6) is -2.78. The molecule has 0 fully saturated rings. The Hall–Kier alpha value is -4.61. The summed E-state index contributed by atoms with van der Waals surface area (Å²) in [5.41, 5.74) is 18.1. The Labute approximate surface area is 275 Å². The number of carbonyl (C=O) groups is 4. The van der Waals surface area contributed by atoms with Crippen molar-refractivity contribution in [3.63, 3.8) is 0 Å². The quantitative estimate of drug-likeness (QED) is 0.111. The second kappa shape index (κ2) is 17.3. The monoisotopic (exact) mass is 646 g/mol. The van der Waals surface area contributed by atoms with E-state index in [1.54, 1.807) is 6.08 Å². The van der Waals surface area contributed by atoms with Crippen LogP contribution < -0.4 is 27.8 Å². The van der Waals surface area contributed by atoms with Crippen LogP contribution in [0.1, 0.15) is 50.7 Å². The van der Waals surface area contributed by atoms with E-state index < -0.39 is 53.1 Å². The number of rotatable bonds is 17. The van der Waals surface area contributed by atoms with Gasteiger partial charge >= 0.3 is 0 Å². The van der Waals surface area contributed by atoms with Crippen molar-refractivity contribution in [1.29, 1.82) is 0 Å². The van der Waals surface area contributed by atoms with Gasteiger partial charge in [-0.3, -0.25) is 19.2 Å². The molecule has 11 heteroatoms. The number of hydrogen-bond acceptors (Lipinski definition) is 6. The van der Waals surface area contributed by atoms with Crippen LogP contribution in [0.2, 0.25) is 0 Å². The Kier molecular flexibility index (Phi) is 13.6. The summed E-state index contributed by atoms with van der Waals surface area (Å²) in [6.07, 6.45) is 5.09. The zero-order valence-electron chi connectivity index (χ0n) is 27.4. The van der Waals surface area contributed by atoms with Crippen LogP contribution in [0.15, 0.2) is 78.9 Å². The van der Waals surface area contributed by atoms with Gasteiger partial charge in [0.05, 0.1) is 0 Å². The van der Waals surface area contributed by atoms with Crippen LogP contribution in [0.25, 0.3) is 10.8 Å². The highest BCUT2D eigenvalue weighted by Gasteiger charge is 2.34. The highest BCUT2D eigenvalue weighted by Crippen LogP contribution is 2.19. The molecule has 3 rings (SSSR count). The number of unbranched alkanes of at least 4 members (excludes halogenated alkanes) is 1. The molecular formula is C36H47FN6O4. The molecule has 0 aromatic heterocycles. The number of likely N-dealkylation sites (N-methyl/N-ethyl adjacent to an activating group) is 1. The number of nitrogens with two attached hydrogens (primary N) is 3. The molecule has 3 aromatic rings. The Morgan fingerprint density at radius 1 is 0.894 bits per heavy atom. The fourth-order valence-electron chi connectivity index (χ4n) is 5.19. The number of benzene rings is 3. The Morgan fingerprint density at radius 2 is 1.55 bits per heavy atom. The van der Waals surface area contributed by atoms with E-state index in [1.165, 1.54) is 42.3 Å². The molecule has 0 spiro atoms. The minimum absolute atomic E-state index is 0.0186. The van der Waals surface area contributed by atoms with E-state index in [4.69, 9.17) is 17.2 Å². The predicted octanol–water partition coefficient (Wildman–Crippen LogP) is 2.86. The number of carbonyl (C=O) groups excluding carboxylic acids is 4. The molecule has 0 radical (unpaired) electrons. The van der Waals surface area contributed by atoms with Gasteiger partial charge < -0.3 is 32.7 Å². The number of fused-ring (bicyclic) bond motifs is 1. The summed E-state index contributed by atoms with van der Waals surface area (Å²) in [5, 5.41) is 7.52. The smallest absolute Gasteiger partial charge is 0.245 e. The second-order valence-corrected chi connectivity index (χ2v) is 12.6. The van der Waals surface area contributed by atoms with Crippen molar-refractivity contribution in [2.45, 2.75) is 76.0 Å². The second-order valence-electron chi connectivity index (χ2n) is 12.6. The van der Waals surface area contributed by atoms with Crippen LogP contribution in [0, 0.1) is 5.82 Å². The largest absolute Gasteiger partial charge is 0.368 e. The van der Waals surface area contributed by atoms with E-state index in [2.05, 4.69) is 10.6 Å². The summed E-state index contributed by atoms with van der Waals surface area (Å²) in [6, 6.07) is 16.0. The molecule has 3 aromatic carbocycles. The lowest BCUT2D eigenvalue weighted by atomic mass is 9.98. The molecule has 0 bridgehead atoms. The normalized spacial score (nSPS) is 13.6. The number of nitrogens with one attached hydrogen (secondary N) is 2. The van der Waals surface area contributed by atoms with Crippen LogP contribution in [-0.2, 0) is 32.0 Å². The van der Waals surface area contributed by atoms with E-state index in [9.17, 15) is 23.6 Å². The van der Waals surface area contributed by atoms with Crippen molar-refractivity contribution < 1.29 is 23.6 Å². The summed E-state index contributed by atoms with van der Waals surface area (Å²) in [7, 11) is 1.47. The first-order chi connectivity index (χ1) is 22.3. The summed E-state index contributed by atoms with van der Waals surface area (Å²) in [4.78, 5) is 54.5. The number of amides is 4. The van der Waals surface area contributed by atoms with Gasteiger partial charge in [0.1, 0.15) is 23.9 Å². The molecule has 0 saturated carbocycles. The number of hydrogen-bond donors (Lipinski definition) is 5. The third-order valence-corrected chi connectivity index (χ3v) is 7.85. The Morgan fingerprint density at radius 3 is 2.19 bits per heavy atom. The highest BCUT2D eigenvalue weighted by molar-refractivity contribution is 5.96. The lowest BCUT2D eigenvalue weighted by Crippen LogP contribution is -2.57. The zero-order valence-corrected chi connectivity index (χ0v) is 27.4. The van der Waals surface area contributed by atoms with Crippen molar-refractivity contribution in [2.75, 3.05) is 13.6 Å². The van der Waals surface area contributed by atoms with Crippen molar-refractivity contribution in [3.8, 4) is 0 Å². The van der Waals surface area contributed by atoms with Crippen molar-refractivity contribution in [3.05, 3.63) is 95.8 Å². The maximum absolute atomic E-state index is 14.2. The van der Waals surface area contributed by atoms with E-state index in [0.717, 1.165) is 16.3 Å². The molecule has 10 nitrogen and oxygen atoms in total. The topological polar surface area (TPSA) is 174 Å². The first-order valence-corrected chi connectivity index (χ1v) is 15.8. The molecule has 0 heterocycles. The summed E-state index contributed by atoms with van der Waals surface area (Å²) >= 11 is 0. The third kappa shape index (κ3) is 11.9. The Balaban J connectivity index is 1.94. The fourth-order valence-corrected chi connectivity index (χ4v) is 5.19. The summed E-state index contributed by atoms with van der Waals surface area (Å²) < 4.78 is 13.7. The first kappa shape index (κ1) is 36.9. The van der Waals surface area contributed by atoms with Crippen molar-refractivity contribution in [2.24, 2.45) is 17.2 Å². The SMILES string of the molecule is CN(C(=O)[C@@H](Cc1ccc2ccccc2c1)NC(=O)C=CCC(C)(C)N)[C@H](Cc1ccc(F)cc1)C(=O)NC(CCCCN)C(N)=O. The van der Waals surface area contributed by atoms with Gasteiger partial charge in [-0.2, -0.15) is 0 Å². The van der Waals surface area contributed by atoms with E-state index >= 15 is 0 Å². The molecule has 8 N–H and O–H groups in total. The molecule has 1 unspecified atom stereocenters. The van der Waals surface area contributed by atoms with Gasteiger partial charge in [-0.05, 0) is 86.2 Å². The number of nitrogens with zero attached hydrogens (tertiary/aromatic N) is 1. The highest BCUT2D eigenvalue weighted by atomic mass is 19.1. The zero-order chi connectivity index (χ0) is 34.6. The maximum Gasteiger partial charge on any atom is 0.245 e. The molecule has 4 amide bonds. The average Bonchev–Trinajstić information content (AvgIpc) is 3.02. The van der Waals surface area contributed by atoms with Crippen LogP contribution in [0.4, 0.5) is 4.39 Å². The molecular weight excluding hydrogens is 599 g/mol. The average molecular weight is 647 g/mol.